The number of ether oxygens (including phenoxy) is 2. The number of aromatic nitrogens is 2. The Morgan fingerprint density at radius 1 is 0.947 bits per heavy atom. The smallest absolute Gasteiger partial charge is 0.138 e. The molecule has 0 spiro atoms. The first kappa shape index (κ1) is 11.5. The van der Waals surface area contributed by atoms with Gasteiger partial charge in [0.15, 0.2) is 0 Å². The molecule has 0 N–H and O–H groups in total. The second-order valence-electron chi connectivity index (χ2n) is 3.99. The number of nitrogens with zero attached hydrogens (tertiary/aromatic N) is 2. The van der Waals surface area contributed by atoms with Crippen molar-refractivity contribution in [2.45, 2.75) is 0 Å². The molecule has 4 heteroatoms. The molecule has 0 unspecified atom stereocenters. The Morgan fingerprint density at radius 2 is 1.74 bits per heavy atom. The predicted molar refractivity (Wildman–Crippen MR) is 72.6 cm³/mol. The van der Waals surface area contributed by atoms with E-state index >= 15 is 0 Å². The van der Waals surface area contributed by atoms with Gasteiger partial charge in [0.05, 0.1) is 18.0 Å². The highest BCUT2D eigenvalue weighted by Gasteiger charge is 2.04. The first-order chi connectivity index (χ1) is 9.36. The Balaban J connectivity index is 1.96. The van der Waals surface area contributed by atoms with E-state index in [1.165, 1.54) is 6.33 Å². The van der Waals surface area contributed by atoms with Gasteiger partial charge in [-0.3, -0.25) is 0 Å². The number of benzene rings is 2. The fourth-order valence-electron chi connectivity index (χ4n) is 1.84. The van der Waals surface area contributed by atoms with Crippen LogP contribution >= 0.6 is 0 Å². The molecule has 4 nitrogen and oxygen atoms in total. The van der Waals surface area contributed by atoms with Gasteiger partial charge in [-0.15, -0.1) is 0 Å². The zero-order valence-electron chi connectivity index (χ0n) is 10.4. The highest BCUT2D eigenvalue weighted by molar-refractivity contribution is 5.84. The van der Waals surface area contributed by atoms with Crippen LogP contribution in [-0.2, 0) is 0 Å². The minimum Gasteiger partial charge on any atom is -0.497 e. The van der Waals surface area contributed by atoms with Gasteiger partial charge in [0.2, 0.25) is 0 Å². The second kappa shape index (κ2) is 4.94. The van der Waals surface area contributed by atoms with Crippen molar-refractivity contribution in [3.63, 3.8) is 0 Å². The minimum atomic E-state index is 0.739. The lowest BCUT2D eigenvalue weighted by molar-refractivity contribution is 0.413. The average Bonchev–Trinajstić information content (AvgIpc) is 2.48. The first-order valence-corrected chi connectivity index (χ1v) is 5.87. The summed E-state index contributed by atoms with van der Waals surface area (Å²) in [5.41, 5.74) is 0.862. The van der Waals surface area contributed by atoms with E-state index in [4.69, 9.17) is 9.47 Å². The summed E-state index contributed by atoms with van der Waals surface area (Å²) in [5, 5.41) is 0.890. The van der Waals surface area contributed by atoms with Crippen molar-refractivity contribution in [1.82, 2.24) is 9.97 Å². The molecule has 0 aliphatic rings. The van der Waals surface area contributed by atoms with Gasteiger partial charge in [-0.2, -0.15) is 0 Å². The standard InChI is InChI=1S/C15H12N2O2/c1-18-11-5-7-12(8-6-11)19-15-4-2-3-14-13(15)9-16-10-17-14/h2-10H,1H3. The van der Waals surface area contributed by atoms with Gasteiger partial charge < -0.3 is 9.47 Å². The van der Waals surface area contributed by atoms with Crippen LogP contribution in [0.4, 0.5) is 0 Å². The molecule has 19 heavy (non-hydrogen) atoms. The Hall–Kier alpha value is -2.62. The third kappa shape index (κ3) is 2.33. The van der Waals surface area contributed by atoms with E-state index in [0.29, 0.717) is 0 Å². The molecule has 0 bridgehead atoms. The van der Waals surface area contributed by atoms with E-state index in [0.717, 1.165) is 28.2 Å². The van der Waals surface area contributed by atoms with Crippen LogP contribution in [0.15, 0.2) is 55.0 Å². The highest BCUT2D eigenvalue weighted by atomic mass is 16.5. The molecule has 94 valence electrons. The van der Waals surface area contributed by atoms with Crippen molar-refractivity contribution in [2.24, 2.45) is 0 Å². The van der Waals surface area contributed by atoms with E-state index in [1.807, 2.05) is 42.5 Å². The lowest BCUT2D eigenvalue weighted by Gasteiger charge is -2.08. The molecule has 0 aliphatic heterocycles. The molecule has 3 rings (SSSR count). The van der Waals surface area contributed by atoms with Gasteiger partial charge in [-0.25, -0.2) is 9.97 Å². The molecule has 0 fully saturated rings. The van der Waals surface area contributed by atoms with Crippen LogP contribution in [0.2, 0.25) is 0 Å². The van der Waals surface area contributed by atoms with Crippen molar-refractivity contribution in [2.75, 3.05) is 7.11 Å². The topological polar surface area (TPSA) is 44.2 Å². The Labute approximate surface area is 110 Å². The van der Waals surface area contributed by atoms with Gasteiger partial charge in [0.1, 0.15) is 23.6 Å². The largest absolute Gasteiger partial charge is 0.497 e. The number of fused-ring (bicyclic) bond motifs is 1. The summed E-state index contributed by atoms with van der Waals surface area (Å²) in [7, 11) is 1.64. The summed E-state index contributed by atoms with van der Waals surface area (Å²) in [4.78, 5) is 8.23. The van der Waals surface area contributed by atoms with Gasteiger partial charge in [-0.05, 0) is 36.4 Å². The lowest BCUT2D eigenvalue weighted by atomic mass is 10.2. The molecule has 2 aromatic carbocycles. The molecule has 0 atom stereocenters. The van der Waals surface area contributed by atoms with Crippen LogP contribution in [-0.4, -0.2) is 17.1 Å². The monoisotopic (exact) mass is 252 g/mol. The maximum atomic E-state index is 5.86. The van der Waals surface area contributed by atoms with Crippen molar-refractivity contribution < 1.29 is 9.47 Å². The minimum absolute atomic E-state index is 0.739. The van der Waals surface area contributed by atoms with E-state index < -0.39 is 0 Å². The molecule has 0 amide bonds. The normalized spacial score (nSPS) is 10.4. The Kier molecular flexibility index (Phi) is 2.98. The van der Waals surface area contributed by atoms with E-state index in [2.05, 4.69) is 9.97 Å². The van der Waals surface area contributed by atoms with Crippen LogP contribution in [0.5, 0.6) is 17.2 Å². The number of hydrogen-bond donors (Lipinski definition) is 0. The summed E-state index contributed by atoms with van der Waals surface area (Å²) in [6, 6.07) is 13.2. The second-order valence-corrected chi connectivity index (χ2v) is 3.99. The summed E-state index contributed by atoms with van der Waals surface area (Å²) in [5.74, 6) is 2.29. The third-order valence-corrected chi connectivity index (χ3v) is 2.80. The molecule has 1 aromatic heterocycles. The van der Waals surface area contributed by atoms with Gasteiger partial charge in [-0.1, -0.05) is 6.07 Å². The molecule has 0 saturated carbocycles. The third-order valence-electron chi connectivity index (χ3n) is 2.80. The number of hydrogen-bond acceptors (Lipinski definition) is 4. The van der Waals surface area contributed by atoms with Crippen LogP contribution in [0.1, 0.15) is 0 Å². The van der Waals surface area contributed by atoms with Gasteiger partial charge >= 0.3 is 0 Å². The van der Waals surface area contributed by atoms with E-state index in [1.54, 1.807) is 13.3 Å². The van der Waals surface area contributed by atoms with Gasteiger partial charge in [0.25, 0.3) is 0 Å². The average molecular weight is 252 g/mol. The summed E-state index contributed by atoms with van der Waals surface area (Å²) in [6.45, 7) is 0. The van der Waals surface area contributed by atoms with E-state index in [-0.39, 0.29) is 0 Å². The highest BCUT2D eigenvalue weighted by Crippen LogP contribution is 2.29. The maximum absolute atomic E-state index is 5.86. The molecule has 1 heterocycles. The maximum Gasteiger partial charge on any atom is 0.138 e. The van der Waals surface area contributed by atoms with Crippen LogP contribution in [0.25, 0.3) is 10.9 Å². The SMILES string of the molecule is COc1ccc(Oc2cccc3ncncc23)cc1. The number of methoxy groups -OCH3 is 1. The first-order valence-electron chi connectivity index (χ1n) is 5.87. The molecular weight excluding hydrogens is 240 g/mol. The van der Waals surface area contributed by atoms with Crippen molar-refractivity contribution >= 4 is 10.9 Å². The predicted octanol–water partition coefficient (Wildman–Crippen LogP) is 3.43. The van der Waals surface area contributed by atoms with Crippen molar-refractivity contribution in [1.29, 1.82) is 0 Å². The fraction of sp³-hybridized carbons (Fsp3) is 0.0667. The Morgan fingerprint density at radius 3 is 2.53 bits per heavy atom. The van der Waals surface area contributed by atoms with Crippen molar-refractivity contribution in [3.05, 3.63) is 55.0 Å². The molecular formula is C15H12N2O2. The summed E-state index contributed by atoms with van der Waals surface area (Å²) < 4.78 is 11.0. The zero-order chi connectivity index (χ0) is 13.1. The van der Waals surface area contributed by atoms with Gasteiger partial charge in [0, 0.05) is 6.20 Å². The van der Waals surface area contributed by atoms with Crippen LogP contribution in [0, 0.1) is 0 Å². The lowest BCUT2D eigenvalue weighted by Crippen LogP contribution is -1.88. The number of rotatable bonds is 3. The Bertz CT molecular complexity index is 691. The fourth-order valence-corrected chi connectivity index (χ4v) is 1.84. The zero-order valence-corrected chi connectivity index (χ0v) is 10.4. The van der Waals surface area contributed by atoms with E-state index in [9.17, 15) is 0 Å². The summed E-state index contributed by atoms with van der Waals surface area (Å²) in [6.07, 6.45) is 3.28. The molecule has 0 saturated heterocycles. The quantitative estimate of drug-likeness (QED) is 0.716. The van der Waals surface area contributed by atoms with Crippen LogP contribution < -0.4 is 9.47 Å². The summed E-state index contributed by atoms with van der Waals surface area (Å²) >= 11 is 0. The van der Waals surface area contributed by atoms with Crippen molar-refractivity contribution in [3.8, 4) is 17.2 Å². The molecule has 0 radical (unpaired) electrons. The van der Waals surface area contributed by atoms with Crippen LogP contribution in [0.3, 0.4) is 0 Å². The molecule has 0 aliphatic carbocycles. The molecule has 3 aromatic rings.